The van der Waals surface area contributed by atoms with Crippen molar-refractivity contribution in [3.8, 4) is 0 Å². The van der Waals surface area contributed by atoms with Gasteiger partial charge in [0.15, 0.2) is 5.76 Å². The van der Waals surface area contributed by atoms with Crippen molar-refractivity contribution in [1.29, 1.82) is 0 Å². The highest BCUT2D eigenvalue weighted by Crippen LogP contribution is 2.18. The molecule has 2 rings (SSSR count). The maximum atomic E-state index is 12.3. The number of likely N-dealkylation sites (tertiary alicyclic amines) is 1. The fourth-order valence-corrected chi connectivity index (χ4v) is 2.44. The molecule has 2 N–H and O–H groups in total. The SMILES string of the molecule is CC(NC(=O)c1ccco1)C(=O)N1CCCC[C@H]1C(=O)O. The molecule has 0 aromatic carbocycles. The zero-order valence-electron chi connectivity index (χ0n) is 11.7. The van der Waals surface area contributed by atoms with Gasteiger partial charge in [-0.15, -0.1) is 0 Å². The summed E-state index contributed by atoms with van der Waals surface area (Å²) in [7, 11) is 0. The van der Waals surface area contributed by atoms with E-state index in [4.69, 9.17) is 4.42 Å². The lowest BCUT2D eigenvalue weighted by Gasteiger charge is -2.34. The predicted molar refractivity (Wildman–Crippen MR) is 72.6 cm³/mol. The molecule has 0 bridgehead atoms. The van der Waals surface area contributed by atoms with Gasteiger partial charge >= 0.3 is 5.97 Å². The minimum atomic E-state index is -1.01. The first-order chi connectivity index (χ1) is 10.0. The molecule has 1 fully saturated rings. The Bertz CT molecular complexity index is 525. The van der Waals surface area contributed by atoms with E-state index in [1.54, 1.807) is 6.07 Å². The lowest BCUT2D eigenvalue weighted by atomic mass is 10.0. The van der Waals surface area contributed by atoms with Crippen LogP contribution >= 0.6 is 0 Å². The Hall–Kier alpha value is -2.31. The summed E-state index contributed by atoms with van der Waals surface area (Å²) in [6.45, 7) is 1.94. The van der Waals surface area contributed by atoms with Crippen molar-refractivity contribution in [3.63, 3.8) is 0 Å². The fourth-order valence-electron chi connectivity index (χ4n) is 2.44. The van der Waals surface area contributed by atoms with Gasteiger partial charge in [0.1, 0.15) is 12.1 Å². The second kappa shape index (κ2) is 6.43. The summed E-state index contributed by atoms with van der Waals surface area (Å²) in [5.74, 6) is -1.78. The van der Waals surface area contributed by atoms with Crippen LogP contribution in [0.2, 0.25) is 0 Å². The van der Waals surface area contributed by atoms with Crippen LogP contribution in [0.1, 0.15) is 36.7 Å². The van der Waals surface area contributed by atoms with Gasteiger partial charge in [-0.25, -0.2) is 4.79 Å². The minimum absolute atomic E-state index is 0.114. The lowest BCUT2D eigenvalue weighted by Crippen LogP contribution is -2.54. The van der Waals surface area contributed by atoms with Gasteiger partial charge in [0.25, 0.3) is 5.91 Å². The average Bonchev–Trinajstić information content (AvgIpc) is 3.00. The molecule has 114 valence electrons. The first kappa shape index (κ1) is 15.1. The Kier molecular flexibility index (Phi) is 4.62. The van der Waals surface area contributed by atoms with Gasteiger partial charge < -0.3 is 19.7 Å². The van der Waals surface area contributed by atoms with Crippen molar-refractivity contribution in [3.05, 3.63) is 24.2 Å². The largest absolute Gasteiger partial charge is 0.480 e. The molecule has 0 radical (unpaired) electrons. The number of aliphatic carboxylic acids is 1. The zero-order valence-corrected chi connectivity index (χ0v) is 11.7. The van der Waals surface area contributed by atoms with Gasteiger partial charge in [-0.05, 0) is 38.3 Å². The Labute approximate surface area is 121 Å². The van der Waals surface area contributed by atoms with Crippen LogP contribution < -0.4 is 5.32 Å². The lowest BCUT2D eigenvalue weighted by molar-refractivity contribution is -0.152. The van der Waals surface area contributed by atoms with Crippen molar-refractivity contribution in [1.82, 2.24) is 10.2 Å². The highest BCUT2D eigenvalue weighted by atomic mass is 16.4. The number of hydrogen-bond acceptors (Lipinski definition) is 4. The van der Waals surface area contributed by atoms with Crippen LogP contribution in [0.5, 0.6) is 0 Å². The molecule has 2 atom stereocenters. The number of nitrogens with zero attached hydrogens (tertiary/aromatic N) is 1. The smallest absolute Gasteiger partial charge is 0.326 e. The molecule has 1 aromatic heterocycles. The number of amides is 2. The van der Waals surface area contributed by atoms with E-state index in [-0.39, 0.29) is 11.7 Å². The number of carboxylic acids is 1. The molecule has 7 heteroatoms. The molecule has 0 aliphatic carbocycles. The predicted octanol–water partition coefficient (Wildman–Crippen LogP) is 0.864. The van der Waals surface area contributed by atoms with E-state index in [1.165, 1.54) is 24.2 Å². The summed E-state index contributed by atoms with van der Waals surface area (Å²) in [5, 5.41) is 11.7. The van der Waals surface area contributed by atoms with E-state index < -0.39 is 24.0 Å². The monoisotopic (exact) mass is 294 g/mol. The summed E-state index contributed by atoms with van der Waals surface area (Å²) in [6, 6.07) is 1.46. The van der Waals surface area contributed by atoms with E-state index in [9.17, 15) is 19.5 Å². The first-order valence-electron chi connectivity index (χ1n) is 6.88. The Morgan fingerprint density at radius 1 is 1.43 bits per heavy atom. The molecule has 7 nitrogen and oxygen atoms in total. The third kappa shape index (κ3) is 3.42. The summed E-state index contributed by atoms with van der Waals surface area (Å²) < 4.78 is 4.95. The molecule has 2 amide bonds. The number of carboxylic acid groups (broad SMARTS) is 1. The number of rotatable bonds is 4. The van der Waals surface area contributed by atoms with E-state index in [1.807, 2.05) is 0 Å². The molecular weight excluding hydrogens is 276 g/mol. The van der Waals surface area contributed by atoms with E-state index in [2.05, 4.69) is 5.32 Å². The molecule has 1 unspecified atom stereocenters. The normalized spacial score (nSPS) is 19.9. The molecule has 21 heavy (non-hydrogen) atoms. The van der Waals surface area contributed by atoms with Gasteiger partial charge in [0, 0.05) is 6.54 Å². The molecular formula is C14H18N2O5. The van der Waals surface area contributed by atoms with E-state index in [0.717, 1.165) is 12.8 Å². The zero-order chi connectivity index (χ0) is 15.4. The van der Waals surface area contributed by atoms with Crippen LogP contribution in [0.3, 0.4) is 0 Å². The van der Waals surface area contributed by atoms with Crippen LogP contribution in [0.4, 0.5) is 0 Å². The van der Waals surface area contributed by atoms with Crippen molar-refractivity contribution in [2.75, 3.05) is 6.54 Å². The third-order valence-corrected chi connectivity index (χ3v) is 3.53. The number of nitrogens with one attached hydrogen (secondary N) is 1. The topological polar surface area (TPSA) is 99.9 Å². The number of carbonyl (C=O) groups is 3. The van der Waals surface area contributed by atoms with Crippen molar-refractivity contribution < 1.29 is 23.9 Å². The van der Waals surface area contributed by atoms with Crippen molar-refractivity contribution in [2.45, 2.75) is 38.3 Å². The van der Waals surface area contributed by atoms with Gasteiger partial charge in [0.05, 0.1) is 6.26 Å². The minimum Gasteiger partial charge on any atom is -0.480 e. The molecule has 1 saturated heterocycles. The number of hydrogen-bond donors (Lipinski definition) is 2. The van der Waals surface area contributed by atoms with Crippen LogP contribution in [-0.2, 0) is 9.59 Å². The number of furan rings is 1. The van der Waals surface area contributed by atoms with Crippen LogP contribution in [-0.4, -0.2) is 46.4 Å². The quantitative estimate of drug-likeness (QED) is 0.858. The first-order valence-corrected chi connectivity index (χ1v) is 6.88. The third-order valence-electron chi connectivity index (χ3n) is 3.53. The summed E-state index contributed by atoms with van der Waals surface area (Å²) >= 11 is 0. The number of carbonyl (C=O) groups excluding carboxylic acids is 2. The fraction of sp³-hybridized carbons (Fsp3) is 0.500. The summed E-state index contributed by atoms with van der Waals surface area (Å²) in [5.41, 5.74) is 0. The van der Waals surface area contributed by atoms with Crippen LogP contribution in [0.25, 0.3) is 0 Å². The van der Waals surface area contributed by atoms with Crippen molar-refractivity contribution in [2.24, 2.45) is 0 Å². The highest BCUT2D eigenvalue weighted by Gasteiger charge is 2.34. The Balaban J connectivity index is 2.00. The van der Waals surface area contributed by atoms with Crippen molar-refractivity contribution >= 4 is 17.8 Å². The molecule has 0 saturated carbocycles. The standard InChI is InChI=1S/C14H18N2O5/c1-9(15-12(17)11-6-4-8-21-11)13(18)16-7-3-2-5-10(16)14(19)20/h4,6,8-10H,2-3,5,7H2,1H3,(H,15,17)(H,19,20)/t9?,10-/m0/s1. The maximum absolute atomic E-state index is 12.3. The Morgan fingerprint density at radius 2 is 2.19 bits per heavy atom. The summed E-state index contributed by atoms with van der Waals surface area (Å²) in [4.78, 5) is 36.7. The second-order valence-corrected chi connectivity index (χ2v) is 5.05. The van der Waals surface area contributed by atoms with Gasteiger partial charge in [-0.1, -0.05) is 0 Å². The molecule has 2 heterocycles. The van der Waals surface area contributed by atoms with Crippen LogP contribution in [0.15, 0.2) is 22.8 Å². The molecule has 1 aliphatic rings. The van der Waals surface area contributed by atoms with E-state index in [0.29, 0.717) is 13.0 Å². The highest BCUT2D eigenvalue weighted by molar-refractivity contribution is 5.96. The van der Waals surface area contributed by atoms with Gasteiger partial charge in [-0.2, -0.15) is 0 Å². The van der Waals surface area contributed by atoms with Gasteiger partial charge in [-0.3, -0.25) is 9.59 Å². The second-order valence-electron chi connectivity index (χ2n) is 5.05. The van der Waals surface area contributed by atoms with Gasteiger partial charge in [0.2, 0.25) is 5.91 Å². The number of piperidine rings is 1. The van der Waals surface area contributed by atoms with Crippen LogP contribution in [0, 0.1) is 0 Å². The maximum Gasteiger partial charge on any atom is 0.326 e. The average molecular weight is 294 g/mol. The molecule has 1 aliphatic heterocycles. The summed E-state index contributed by atoms with van der Waals surface area (Å²) in [6.07, 6.45) is 3.37. The molecule has 1 aromatic rings. The van der Waals surface area contributed by atoms with E-state index >= 15 is 0 Å². The molecule has 0 spiro atoms. The Morgan fingerprint density at radius 3 is 2.81 bits per heavy atom.